The van der Waals surface area contributed by atoms with E-state index in [-0.39, 0.29) is 11.8 Å². The van der Waals surface area contributed by atoms with E-state index in [1.165, 1.54) is 0 Å². The van der Waals surface area contributed by atoms with Gasteiger partial charge in [-0.2, -0.15) is 0 Å². The normalized spacial score (nSPS) is 17.8. The van der Waals surface area contributed by atoms with Gasteiger partial charge in [0.15, 0.2) is 0 Å². The Morgan fingerprint density at radius 2 is 1.92 bits per heavy atom. The Labute approximate surface area is 153 Å². The molecule has 2 aromatic carbocycles. The number of anilines is 1. The van der Waals surface area contributed by atoms with Crippen molar-refractivity contribution in [2.45, 2.75) is 19.3 Å². The highest BCUT2D eigenvalue weighted by molar-refractivity contribution is 5.92. The number of carbonyl (C=O) groups is 1. The van der Waals surface area contributed by atoms with Crippen LogP contribution in [0, 0.1) is 5.92 Å². The van der Waals surface area contributed by atoms with Crippen LogP contribution in [0.2, 0.25) is 0 Å². The minimum Gasteiger partial charge on any atom is -0.327 e. The number of hydrogen-bond donors (Lipinski definition) is 2. The van der Waals surface area contributed by atoms with Gasteiger partial charge >= 0.3 is 0 Å². The van der Waals surface area contributed by atoms with E-state index in [0.717, 1.165) is 60.5 Å². The smallest absolute Gasteiger partial charge is 0.227 e. The van der Waals surface area contributed by atoms with E-state index in [0.29, 0.717) is 0 Å². The molecule has 1 aliphatic heterocycles. The average molecular weight is 348 g/mol. The van der Waals surface area contributed by atoms with Crippen LogP contribution in [-0.4, -0.2) is 28.5 Å². The fourth-order valence-electron chi connectivity index (χ4n) is 3.63. The van der Waals surface area contributed by atoms with Crippen LogP contribution < -0.4 is 10.6 Å². The molecular formula is C21H24N4O. The van der Waals surface area contributed by atoms with Crippen molar-refractivity contribution in [1.29, 1.82) is 0 Å². The van der Waals surface area contributed by atoms with Crippen molar-refractivity contribution in [2.75, 3.05) is 18.4 Å². The summed E-state index contributed by atoms with van der Waals surface area (Å²) in [5, 5.41) is 6.41. The van der Waals surface area contributed by atoms with Crippen LogP contribution in [0.3, 0.4) is 0 Å². The number of carbonyl (C=O) groups excluding carboxylic acids is 1. The van der Waals surface area contributed by atoms with Crippen molar-refractivity contribution in [1.82, 2.24) is 14.9 Å². The van der Waals surface area contributed by atoms with Gasteiger partial charge in [-0.25, -0.2) is 4.98 Å². The molecule has 1 unspecified atom stereocenters. The van der Waals surface area contributed by atoms with Crippen LogP contribution in [0.1, 0.15) is 19.3 Å². The third kappa shape index (κ3) is 3.35. The highest BCUT2D eigenvalue weighted by Crippen LogP contribution is 2.25. The van der Waals surface area contributed by atoms with Gasteiger partial charge in [-0.3, -0.25) is 4.79 Å². The SMILES string of the molecule is Cn1c(-c2ccc(NC(=O)C3CCCNCC3)cc2)nc2ccccc21. The number of nitrogens with one attached hydrogen (secondary N) is 2. The molecule has 1 aromatic heterocycles. The summed E-state index contributed by atoms with van der Waals surface area (Å²) < 4.78 is 2.10. The standard InChI is InChI=1S/C21H24N4O/c1-25-19-7-3-2-6-18(19)24-20(25)15-8-10-17(11-9-15)23-21(26)16-5-4-13-22-14-12-16/h2-3,6-11,16,22H,4-5,12-14H2,1H3,(H,23,26). The van der Waals surface area contributed by atoms with Gasteiger partial charge in [-0.15, -0.1) is 0 Å². The van der Waals surface area contributed by atoms with Crippen molar-refractivity contribution >= 4 is 22.6 Å². The van der Waals surface area contributed by atoms with Gasteiger partial charge in [0, 0.05) is 24.2 Å². The van der Waals surface area contributed by atoms with E-state index in [9.17, 15) is 4.79 Å². The molecule has 2 N–H and O–H groups in total. The quantitative estimate of drug-likeness (QED) is 0.761. The molecule has 1 atom stereocenters. The van der Waals surface area contributed by atoms with E-state index >= 15 is 0 Å². The van der Waals surface area contributed by atoms with Crippen molar-refractivity contribution in [3.8, 4) is 11.4 Å². The zero-order valence-electron chi connectivity index (χ0n) is 15.0. The largest absolute Gasteiger partial charge is 0.327 e. The molecule has 1 aliphatic rings. The van der Waals surface area contributed by atoms with E-state index in [1.807, 2.05) is 49.5 Å². The summed E-state index contributed by atoms with van der Waals surface area (Å²) in [6.07, 6.45) is 2.92. The number of amides is 1. The zero-order chi connectivity index (χ0) is 17.9. The van der Waals surface area contributed by atoms with Gasteiger partial charge in [0.05, 0.1) is 11.0 Å². The van der Waals surface area contributed by atoms with Gasteiger partial charge in [-0.1, -0.05) is 12.1 Å². The van der Waals surface area contributed by atoms with Crippen LogP contribution in [0.5, 0.6) is 0 Å². The van der Waals surface area contributed by atoms with Gasteiger partial charge < -0.3 is 15.2 Å². The third-order valence-corrected chi connectivity index (χ3v) is 5.14. The summed E-state index contributed by atoms with van der Waals surface area (Å²) in [4.78, 5) is 17.2. The van der Waals surface area contributed by atoms with Crippen molar-refractivity contribution in [3.05, 3.63) is 48.5 Å². The van der Waals surface area contributed by atoms with Crippen LogP contribution in [0.25, 0.3) is 22.4 Å². The lowest BCUT2D eigenvalue weighted by Crippen LogP contribution is -2.24. The lowest BCUT2D eigenvalue weighted by atomic mass is 9.99. The summed E-state index contributed by atoms with van der Waals surface area (Å²) in [6.45, 7) is 1.93. The number of aromatic nitrogens is 2. The molecule has 26 heavy (non-hydrogen) atoms. The lowest BCUT2D eigenvalue weighted by molar-refractivity contribution is -0.120. The Morgan fingerprint density at radius 1 is 1.12 bits per heavy atom. The molecule has 5 heteroatoms. The number of aryl methyl sites for hydroxylation is 1. The fraction of sp³-hybridized carbons (Fsp3) is 0.333. The van der Waals surface area contributed by atoms with Gasteiger partial charge in [-0.05, 0) is 68.8 Å². The van der Waals surface area contributed by atoms with Crippen LogP contribution in [0.15, 0.2) is 48.5 Å². The molecule has 134 valence electrons. The topological polar surface area (TPSA) is 59.0 Å². The summed E-state index contributed by atoms with van der Waals surface area (Å²) in [7, 11) is 2.03. The van der Waals surface area contributed by atoms with Crippen molar-refractivity contribution in [3.63, 3.8) is 0 Å². The molecule has 0 radical (unpaired) electrons. The molecule has 0 bridgehead atoms. The maximum absolute atomic E-state index is 12.5. The van der Waals surface area contributed by atoms with E-state index in [1.54, 1.807) is 0 Å². The first-order valence-electron chi connectivity index (χ1n) is 9.26. The summed E-state index contributed by atoms with van der Waals surface area (Å²) in [6, 6.07) is 16.1. The number of imidazole rings is 1. The molecule has 2 heterocycles. The summed E-state index contributed by atoms with van der Waals surface area (Å²) >= 11 is 0. The Balaban J connectivity index is 1.51. The van der Waals surface area contributed by atoms with E-state index in [2.05, 4.69) is 21.3 Å². The second-order valence-corrected chi connectivity index (χ2v) is 6.93. The molecule has 3 aromatic rings. The van der Waals surface area contributed by atoms with Gasteiger partial charge in [0.25, 0.3) is 0 Å². The molecule has 1 fully saturated rings. The molecular weight excluding hydrogens is 324 g/mol. The summed E-state index contributed by atoms with van der Waals surface area (Å²) in [5.74, 6) is 1.16. The number of nitrogens with zero attached hydrogens (tertiary/aromatic N) is 2. The molecule has 1 saturated heterocycles. The monoisotopic (exact) mass is 348 g/mol. The maximum Gasteiger partial charge on any atom is 0.227 e. The van der Waals surface area contributed by atoms with Gasteiger partial charge in [0.1, 0.15) is 5.82 Å². The number of para-hydroxylation sites is 2. The number of hydrogen-bond acceptors (Lipinski definition) is 3. The number of rotatable bonds is 3. The first-order valence-corrected chi connectivity index (χ1v) is 9.26. The highest BCUT2D eigenvalue weighted by Gasteiger charge is 2.20. The van der Waals surface area contributed by atoms with Gasteiger partial charge in [0.2, 0.25) is 5.91 Å². The van der Waals surface area contributed by atoms with E-state index < -0.39 is 0 Å². The molecule has 0 aliphatic carbocycles. The second kappa shape index (κ2) is 7.30. The first-order chi connectivity index (χ1) is 12.7. The minimum absolute atomic E-state index is 0.101. The first kappa shape index (κ1) is 16.8. The maximum atomic E-state index is 12.5. The van der Waals surface area contributed by atoms with E-state index in [4.69, 9.17) is 4.98 Å². The fourth-order valence-corrected chi connectivity index (χ4v) is 3.63. The van der Waals surface area contributed by atoms with Crippen molar-refractivity contribution < 1.29 is 4.79 Å². The highest BCUT2D eigenvalue weighted by atomic mass is 16.1. The Morgan fingerprint density at radius 3 is 2.73 bits per heavy atom. The summed E-state index contributed by atoms with van der Waals surface area (Å²) in [5.41, 5.74) is 3.99. The predicted molar refractivity (Wildman–Crippen MR) is 105 cm³/mol. The average Bonchev–Trinajstić information content (AvgIpc) is 2.85. The second-order valence-electron chi connectivity index (χ2n) is 6.93. The zero-order valence-corrected chi connectivity index (χ0v) is 15.0. The molecule has 5 nitrogen and oxygen atoms in total. The lowest BCUT2D eigenvalue weighted by Gasteiger charge is -2.14. The molecule has 0 saturated carbocycles. The van der Waals surface area contributed by atoms with Crippen LogP contribution in [-0.2, 0) is 11.8 Å². The molecule has 4 rings (SSSR count). The Kier molecular flexibility index (Phi) is 4.71. The van der Waals surface area contributed by atoms with Crippen LogP contribution >= 0.6 is 0 Å². The van der Waals surface area contributed by atoms with Crippen LogP contribution in [0.4, 0.5) is 5.69 Å². The number of benzene rings is 2. The predicted octanol–water partition coefficient (Wildman–Crippen LogP) is 3.57. The minimum atomic E-state index is 0.101. The number of fused-ring (bicyclic) bond motifs is 1. The molecule has 1 amide bonds. The van der Waals surface area contributed by atoms with Crippen molar-refractivity contribution in [2.24, 2.45) is 13.0 Å². The Hall–Kier alpha value is -2.66. The molecule has 0 spiro atoms. The Bertz CT molecular complexity index is 905. The third-order valence-electron chi connectivity index (χ3n) is 5.14.